The summed E-state index contributed by atoms with van der Waals surface area (Å²) in [7, 11) is 4.20. The molecule has 4 nitrogen and oxygen atoms in total. The van der Waals surface area contributed by atoms with E-state index in [-0.39, 0.29) is 5.91 Å². The van der Waals surface area contributed by atoms with Crippen molar-refractivity contribution in [3.8, 4) is 0 Å². The van der Waals surface area contributed by atoms with Crippen LogP contribution in [0.4, 0.5) is 5.69 Å². The number of carbonyl (C=O) groups excluding carboxylic acids is 1. The van der Waals surface area contributed by atoms with E-state index >= 15 is 0 Å². The fraction of sp³-hybridized carbons (Fsp3) is 0.533. The van der Waals surface area contributed by atoms with Crippen LogP contribution in [-0.4, -0.2) is 49.4 Å². The standard InChI is InChI=1S/C15H22BrN3O/c1-18(2)10-11-6-8-19(9-7-11)15(20)12-4-3-5-13(17)14(12)16/h3-5,11H,6-10,17H2,1-2H3. The summed E-state index contributed by atoms with van der Waals surface area (Å²) in [6.45, 7) is 2.77. The molecule has 110 valence electrons. The lowest BCUT2D eigenvalue weighted by molar-refractivity contribution is 0.0677. The molecule has 0 aliphatic carbocycles. The quantitative estimate of drug-likeness (QED) is 0.860. The molecule has 0 radical (unpaired) electrons. The second-order valence-electron chi connectivity index (χ2n) is 5.71. The fourth-order valence-electron chi connectivity index (χ4n) is 2.72. The summed E-state index contributed by atoms with van der Waals surface area (Å²) in [6.07, 6.45) is 2.15. The Balaban J connectivity index is 2.00. The Morgan fingerprint density at radius 2 is 2.05 bits per heavy atom. The van der Waals surface area contributed by atoms with Gasteiger partial charge < -0.3 is 15.5 Å². The maximum absolute atomic E-state index is 12.5. The van der Waals surface area contributed by atoms with E-state index in [2.05, 4.69) is 34.9 Å². The second-order valence-corrected chi connectivity index (χ2v) is 6.50. The van der Waals surface area contributed by atoms with Gasteiger partial charge in [0.1, 0.15) is 0 Å². The van der Waals surface area contributed by atoms with E-state index in [1.54, 1.807) is 6.07 Å². The van der Waals surface area contributed by atoms with Crippen LogP contribution < -0.4 is 5.73 Å². The molecule has 0 unspecified atom stereocenters. The summed E-state index contributed by atoms with van der Waals surface area (Å²) >= 11 is 3.41. The lowest BCUT2D eigenvalue weighted by Gasteiger charge is -2.33. The van der Waals surface area contributed by atoms with Crippen LogP contribution in [0.5, 0.6) is 0 Å². The molecule has 1 fully saturated rings. The molecule has 1 amide bonds. The average molecular weight is 340 g/mol. The maximum atomic E-state index is 12.5. The first-order chi connectivity index (χ1) is 9.49. The summed E-state index contributed by atoms with van der Waals surface area (Å²) < 4.78 is 0.709. The van der Waals surface area contributed by atoms with E-state index in [9.17, 15) is 4.79 Å². The SMILES string of the molecule is CN(C)CC1CCN(C(=O)c2cccc(N)c2Br)CC1. The molecular formula is C15H22BrN3O. The lowest BCUT2D eigenvalue weighted by Crippen LogP contribution is -2.40. The summed E-state index contributed by atoms with van der Waals surface area (Å²) in [5, 5.41) is 0. The molecule has 0 atom stereocenters. The second kappa shape index (κ2) is 6.59. The summed E-state index contributed by atoms with van der Waals surface area (Å²) in [6, 6.07) is 5.45. The van der Waals surface area contributed by atoms with Crippen molar-refractivity contribution >= 4 is 27.5 Å². The number of likely N-dealkylation sites (tertiary alicyclic amines) is 1. The van der Waals surface area contributed by atoms with Crippen molar-refractivity contribution in [2.24, 2.45) is 5.92 Å². The van der Waals surface area contributed by atoms with Crippen molar-refractivity contribution in [3.05, 3.63) is 28.2 Å². The molecule has 5 heteroatoms. The van der Waals surface area contributed by atoms with E-state index in [0.29, 0.717) is 21.6 Å². The molecule has 20 heavy (non-hydrogen) atoms. The molecule has 0 spiro atoms. The number of rotatable bonds is 3. The maximum Gasteiger partial charge on any atom is 0.255 e. The predicted molar refractivity (Wildman–Crippen MR) is 85.7 cm³/mol. The molecule has 1 heterocycles. The zero-order chi connectivity index (χ0) is 14.7. The Bertz CT molecular complexity index is 482. The average Bonchev–Trinajstić information content (AvgIpc) is 2.41. The molecule has 2 N–H and O–H groups in total. The fourth-order valence-corrected chi connectivity index (χ4v) is 3.15. The molecule has 1 aliphatic rings. The van der Waals surface area contributed by atoms with Crippen LogP contribution in [0.15, 0.2) is 22.7 Å². The number of piperidine rings is 1. The minimum atomic E-state index is 0.0764. The number of nitrogens with two attached hydrogens (primary N) is 1. The van der Waals surface area contributed by atoms with Gasteiger partial charge in [-0.3, -0.25) is 4.79 Å². The number of benzene rings is 1. The van der Waals surface area contributed by atoms with Crippen LogP contribution in [0.25, 0.3) is 0 Å². The first-order valence-corrected chi connectivity index (χ1v) is 7.76. The van der Waals surface area contributed by atoms with Gasteiger partial charge in [0, 0.05) is 25.3 Å². The zero-order valence-electron chi connectivity index (χ0n) is 12.1. The van der Waals surface area contributed by atoms with Crippen molar-refractivity contribution < 1.29 is 4.79 Å². The number of halogens is 1. The van der Waals surface area contributed by atoms with Crippen molar-refractivity contribution in [2.45, 2.75) is 12.8 Å². The van der Waals surface area contributed by atoms with Crippen molar-refractivity contribution in [2.75, 3.05) is 39.5 Å². The highest BCUT2D eigenvalue weighted by Gasteiger charge is 2.25. The van der Waals surface area contributed by atoms with Gasteiger partial charge in [-0.05, 0) is 60.9 Å². The Hall–Kier alpha value is -1.07. The largest absolute Gasteiger partial charge is 0.398 e. The van der Waals surface area contributed by atoms with Crippen LogP contribution in [0.2, 0.25) is 0 Å². The summed E-state index contributed by atoms with van der Waals surface area (Å²) in [5.74, 6) is 0.769. The van der Waals surface area contributed by atoms with E-state index in [4.69, 9.17) is 5.73 Å². The van der Waals surface area contributed by atoms with Gasteiger partial charge in [-0.15, -0.1) is 0 Å². The number of hydrogen-bond acceptors (Lipinski definition) is 3. The number of nitrogen functional groups attached to an aromatic ring is 1. The van der Waals surface area contributed by atoms with E-state index in [1.807, 2.05) is 17.0 Å². The molecule has 0 aromatic heterocycles. The van der Waals surface area contributed by atoms with Gasteiger partial charge in [0.15, 0.2) is 0 Å². The van der Waals surface area contributed by atoms with Gasteiger partial charge in [-0.1, -0.05) is 6.07 Å². The number of nitrogens with zero attached hydrogens (tertiary/aromatic N) is 2. The highest BCUT2D eigenvalue weighted by atomic mass is 79.9. The van der Waals surface area contributed by atoms with E-state index in [0.717, 1.165) is 32.5 Å². The minimum absolute atomic E-state index is 0.0764. The molecular weight excluding hydrogens is 318 g/mol. The normalized spacial score (nSPS) is 16.7. The first-order valence-electron chi connectivity index (χ1n) is 6.97. The van der Waals surface area contributed by atoms with Gasteiger partial charge in [0.25, 0.3) is 5.91 Å². The van der Waals surface area contributed by atoms with Crippen LogP contribution >= 0.6 is 15.9 Å². The molecule has 0 saturated carbocycles. The summed E-state index contributed by atoms with van der Waals surface area (Å²) in [5.41, 5.74) is 7.11. The van der Waals surface area contributed by atoms with Crippen LogP contribution in [0.1, 0.15) is 23.2 Å². The van der Waals surface area contributed by atoms with Crippen molar-refractivity contribution in [1.82, 2.24) is 9.80 Å². The molecule has 1 aromatic rings. The van der Waals surface area contributed by atoms with Crippen molar-refractivity contribution in [1.29, 1.82) is 0 Å². The predicted octanol–water partition coefficient (Wildman–Crippen LogP) is 2.45. The zero-order valence-corrected chi connectivity index (χ0v) is 13.7. The molecule has 2 rings (SSSR count). The summed E-state index contributed by atoms with van der Waals surface area (Å²) in [4.78, 5) is 16.7. The highest BCUT2D eigenvalue weighted by molar-refractivity contribution is 9.10. The van der Waals surface area contributed by atoms with E-state index in [1.165, 1.54) is 0 Å². The van der Waals surface area contributed by atoms with Gasteiger partial charge in [0.05, 0.1) is 10.0 Å². The number of hydrogen-bond donors (Lipinski definition) is 1. The van der Waals surface area contributed by atoms with Crippen LogP contribution in [0.3, 0.4) is 0 Å². The number of amides is 1. The Kier molecular flexibility index (Phi) is 5.05. The van der Waals surface area contributed by atoms with Crippen LogP contribution in [-0.2, 0) is 0 Å². The molecule has 1 aliphatic heterocycles. The number of anilines is 1. The molecule has 1 saturated heterocycles. The third kappa shape index (κ3) is 3.52. The van der Waals surface area contributed by atoms with Crippen molar-refractivity contribution in [3.63, 3.8) is 0 Å². The van der Waals surface area contributed by atoms with Gasteiger partial charge >= 0.3 is 0 Å². The monoisotopic (exact) mass is 339 g/mol. The van der Waals surface area contributed by atoms with Gasteiger partial charge in [0.2, 0.25) is 0 Å². The Morgan fingerprint density at radius 3 is 2.65 bits per heavy atom. The minimum Gasteiger partial charge on any atom is -0.398 e. The van der Waals surface area contributed by atoms with Gasteiger partial charge in [-0.2, -0.15) is 0 Å². The topological polar surface area (TPSA) is 49.6 Å². The molecule has 1 aromatic carbocycles. The lowest BCUT2D eigenvalue weighted by atomic mass is 9.96. The first kappa shape index (κ1) is 15.3. The smallest absolute Gasteiger partial charge is 0.255 e. The Morgan fingerprint density at radius 1 is 1.40 bits per heavy atom. The molecule has 0 bridgehead atoms. The third-order valence-electron chi connectivity index (χ3n) is 3.78. The third-order valence-corrected chi connectivity index (χ3v) is 4.67. The van der Waals surface area contributed by atoms with Crippen LogP contribution in [0, 0.1) is 5.92 Å². The Labute approximate surface area is 129 Å². The number of carbonyl (C=O) groups is 1. The highest BCUT2D eigenvalue weighted by Crippen LogP contribution is 2.26. The van der Waals surface area contributed by atoms with E-state index < -0.39 is 0 Å². The van der Waals surface area contributed by atoms with Gasteiger partial charge in [-0.25, -0.2) is 0 Å².